The summed E-state index contributed by atoms with van der Waals surface area (Å²) in [5.41, 5.74) is 1.86. The maximum Gasteiger partial charge on any atom is 0.422 e. The van der Waals surface area contributed by atoms with Crippen LogP contribution in [0.25, 0.3) is 0 Å². The summed E-state index contributed by atoms with van der Waals surface area (Å²) in [5, 5.41) is 12.2. The Morgan fingerprint density at radius 2 is 1.90 bits per heavy atom. The molecular formula is C21H24F3N3O4. The van der Waals surface area contributed by atoms with Gasteiger partial charge < -0.3 is 15.2 Å². The highest BCUT2D eigenvalue weighted by Gasteiger charge is 2.29. The van der Waals surface area contributed by atoms with Gasteiger partial charge in [0.2, 0.25) is 5.88 Å². The fourth-order valence-electron chi connectivity index (χ4n) is 2.76. The molecule has 0 aliphatic heterocycles. The number of Topliss-reactive ketones (excluding diaryl/α,β-unsaturated/α-hetero) is 1. The largest absolute Gasteiger partial charge is 0.468 e. The number of aliphatic hydroxyl groups is 1. The van der Waals surface area contributed by atoms with E-state index >= 15 is 0 Å². The molecule has 2 aromatic heterocycles. The molecule has 10 heteroatoms. The van der Waals surface area contributed by atoms with Crippen molar-refractivity contribution in [2.75, 3.05) is 6.61 Å². The number of hydrogen-bond donors (Lipinski definition) is 2. The van der Waals surface area contributed by atoms with Crippen molar-refractivity contribution in [2.24, 2.45) is 0 Å². The van der Waals surface area contributed by atoms with Gasteiger partial charge in [0, 0.05) is 35.9 Å². The molecule has 31 heavy (non-hydrogen) atoms. The summed E-state index contributed by atoms with van der Waals surface area (Å²) in [7, 11) is 0. The Hall–Kier alpha value is -3.01. The van der Waals surface area contributed by atoms with Gasteiger partial charge in [-0.3, -0.25) is 14.6 Å². The van der Waals surface area contributed by atoms with Crippen LogP contribution in [0.2, 0.25) is 0 Å². The third-order valence-electron chi connectivity index (χ3n) is 4.40. The molecule has 2 aromatic rings. The first-order valence-corrected chi connectivity index (χ1v) is 9.61. The van der Waals surface area contributed by atoms with E-state index in [1.165, 1.54) is 18.3 Å². The van der Waals surface area contributed by atoms with E-state index in [1.54, 1.807) is 26.8 Å². The number of carbonyl (C=O) groups is 2. The summed E-state index contributed by atoms with van der Waals surface area (Å²) in [4.78, 5) is 32.5. The molecule has 1 amide bonds. The van der Waals surface area contributed by atoms with Crippen LogP contribution in [-0.4, -0.2) is 39.5 Å². The van der Waals surface area contributed by atoms with E-state index < -0.39 is 24.7 Å². The van der Waals surface area contributed by atoms with Gasteiger partial charge in [0.1, 0.15) is 5.78 Å². The summed E-state index contributed by atoms with van der Waals surface area (Å²) in [6, 6.07) is 3.99. The number of aliphatic hydroxyl groups excluding tert-OH is 1. The van der Waals surface area contributed by atoms with Gasteiger partial charge in [-0.05, 0) is 37.6 Å². The molecule has 0 aromatic carbocycles. The monoisotopic (exact) mass is 439 g/mol. The van der Waals surface area contributed by atoms with Crippen molar-refractivity contribution in [3.05, 3.63) is 52.5 Å². The molecular weight excluding hydrogens is 415 g/mol. The molecule has 0 fully saturated rings. The maximum atomic E-state index is 12.7. The minimum atomic E-state index is -4.47. The number of ketones is 1. The van der Waals surface area contributed by atoms with Gasteiger partial charge in [0.05, 0.1) is 18.3 Å². The molecule has 0 aliphatic carbocycles. The lowest BCUT2D eigenvalue weighted by Crippen LogP contribution is -2.27. The fraction of sp³-hybridized carbons (Fsp3) is 0.429. The van der Waals surface area contributed by atoms with Crippen LogP contribution in [0.15, 0.2) is 24.4 Å². The number of alkyl halides is 3. The summed E-state index contributed by atoms with van der Waals surface area (Å²) < 4.78 is 41.6. The normalized spacial score (nSPS) is 12.4. The topological polar surface area (TPSA) is 101 Å². The van der Waals surface area contributed by atoms with E-state index in [0.717, 1.165) is 0 Å². The fourth-order valence-corrected chi connectivity index (χ4v) is 2.76. The summed E-state index contributed by atoms with van der Waals surface area (Å²) in [6.07, 6.45) is -2.74. The van der Waals surface area contributed by atoms with Crippen LogP contribution in [0.5, 0.6) is 5.88 Å². The van der Waals surface area contributed by atoms with E-state index in [2.05, 4.69) is 20.0 Å². The molecule has 2 heterocycles. The highest BCUT2D eigenvalue weighted by Crippen LogP contribution is 2.23. The average molecular weight is 439 g/mol. The number of ether oxygens (including phenoxy) is 1. The number of carbonyl (C=O) groups excluding carboxylic acids is 2. The van der Waals surface area contributed by atoms with Gasteiger partial charge in [-0.15, -0.1) is 0 Å². The van der Waals surface area contributed by atoms with Crippen LogP contribution in [0, 0.1) is 6.92 Å². The number of amides is 1. The number of nitrogens with zero attached hydrogens (tertiary/aromatic N) is 2. The molecule has 0 spiro atoms. The molecule has 168 valence electrons. The van der Waals surface area contributed by atoms with E-state index in [9.17, 15) is 27.9 Å². The summed E-state index contributed by atoms with van der Waals surface area (Å²) in [5.74, 6) is -0.631. The van der Waals surface area contributed by atoms with E-state index in [-0.39, 0.29) is 35.9 Å². The zero-order valence-corrected chi connectivity index (χ0v) is 17.4. The van der Waals surface area contributed by atoms with Crippen LogP contribution in [0.3, 0.4) is 0 Å². The Bertz CT molecular complexity index is 948. The lowest BCUT2D eigenvalue weighted by atomic mass is 10.1. The van der Waals surface area contributed by atoms with Gasteiger partial charge in [-0.1, -0.05) is 6.92 Å². The number of rotatable bonds is 9. The molecule has 1 unspecified atom stereocenters. The van der Waals surface area contributed by atoms with Crippen molar-refractivity contribution in [3.63, 3.8) is 0 Å². The first-order chi connectivity index (χ1) is 14.5. The van der Waals surface area contributed by atoms with Gasteiger partial charge in [-0.25, -0.2) is 4.98 Å². The second-order valence-electron chi connectivity index (χ2n) is 7.06. The second kappa shape index (κ2) is 10.3. The van der Waals surface area contributed by atoms with Crippen molar-refractivity contribution in [3.8, 4) is 5.88 Å². The molecule has 0 bridgehead atoms. The third kappa shape index (κ3) is 7.32. The minimum absolute atomic E-state index is 0.0447. The Morgan fingerprint density at radius 3 is 2.48 bits per heavy atom. The highest BCUT2D eigenvalue weighted by atomic mass is 19.4. The molecule has 0 saturated heterocycles. The van der Waals surface area contributed by atoms with Crippen LogP contribution in [-0.2, 0) is 17.8 Å². The van der Waals surface area contributed by atoms with Crippen molar-refractivity contribution in [1.82, 2.24) is 15.3 Å². The Labute approximate surface area is 177 Å². The number of aromatic nitrogens is 2. The zero-order valence-electron chi connectivity index (χ0n) is 17.4. The number of aryl methyl sites for hydroxylation is 1. The Kier molecular flexibility index (Phi) is 8.09. The number of nitrogens with one attached hydrogen (secondary N) is 1. The van der Waals surface area contributed by atoms with E-state index in [1.807, 2.05) is 0 Å². The minimum Gasteiger partial charge on any atom is -0.468 e. The van der Waals surface area contributed by atoms with Gasteiger partial charge in [-0.2, -0.15) is 13.2 Å². The molecule has 0 radical (unpaired) electrons. The smallest absolute Gasteiger partial charge is 0.422 e. The summed E-state index contributed by atoms with van der Waals surface area (Å²) in [6.45, 7) is 3.16. The standard InChI is InChI=1S/C21H24F3N3O4/c1-4-18(29)8-16-6-14(7-17(10-28)27-16)19(30)26-13(3)15-5-12(2)20(25-9-15)31-11-21(22,23)24/h5-7,9,13,28H,4,8,10-11H2,1-3H3,(H,26,30). The Morgan fingerprint density at radius 1 is 1.23 bits per heavy atom. The SMILES string of the molecule is CCC(=O)Cc1cc(C(=O)NC(C)c2cnc(OCC(F)(F)F)c(C)c2)cc(CO)n1. The van der Waals surface area contributed by atoms with Crippen molar-refractivity contribution in [1.29, 1.82) is 0 Å². The number of halogens is 3. The number of hydrogen-bond acceptors (Lipinski definition) is 6. The third-order valence-corrected chi connectivity index (χ3v) is 4.40. The van der Waals surface area contributed by atoms with E-state index in [0.29, 0.717) is 23.2 Å². The van der Waals surface area contributed by atoms with Gasteiger partial charge in [0.25, 0.3) is 5.91 Å². The molecule has 2 rings (SSSR count). The van der Waals surface area contributed by atoms with Crippen LogP contribution < -0.4 is 10.1 Å². The summed E-state index contributed by atoms with van der Waals surface area (Å²) >= 11 is 0. The predicted molar refractivity (Wildman–Crippen MR) is 106 cm³/mol. The molecule has 0 aliphatic rings. The molecule has 7 nitrogen and oxygen atoms in total. The average Bonchev–Trinajstić information content (AvgIpc) is 2.71. The van der Waals surface area contributed by atoms with Crippen molar-refractivity contribution >= 4 is 11.7 Å². The van der Waals surface area contributed by atoms with Crippen molar-refractivity contribution in [2.45, 2.75) is 52.4 Å². The van der Waals surface area contributed by atoms with Gasteiger partial charge in [0.15, 0.2) is 6.61 Å². The first-order valence-electron chi connectivity index (χ1n) is 9.61. The number of pyridine rings is 2. The molecule has 0 saturated carbocycles. The highest BCUT2D eigenvalue weighted by molar-refractivity contribution is 5.95. The zero-order chi connectivity index (χ0) is 23.2. The van der Waals surface area contributed by atoms with Crippen LogP contribution in [0.4, 0.5) is 13.2 Å². The van der Waals surface area contributed by atoms with Gasteiger partial charge >= 0.3 is 6.18 Å². The van der Waals surface area contributed by atoms with Crippen LogP contribution in [0.1, 0.15) is 59.2 Å². The molecule has 2 N–H and O–H groups in total. The maximum absolute atomic E-state index is 12.7. The molecule has 1 atom stereocenters. The van der Waals surface area contributed by atoms with Crippen LogP contribution >= 0.6 is 0 Å². The lowest BCUT2D eigenvalue weighted by molar-refractivity contribution is -0.154. The van der Waals surface area contributed by atoms with Crippen molar-refractivity contribution < 1.29 is 32.6 Å². The first kappa shape index (κ1) is 24.3. The van der Waals surface area contributed by atoms with E-state index in [4.69, 9.17) is 0 Å². The Balaban J connectivity index is 2.13. The lowest BCUT2D eigenvalue weighted by Gasteiger charge is -2.17. The quantitative estimate of drug-likeness (QED) is 0.622. The predicted octanol–water partition coefficient (Wildman–Crippen LogP) is 3.23. The second-order valence-corrected chi connectivity index (χ2v) is 7.06.